The quantitative estimate of drug-likeness (QED) is 0.744. The molecule has 1 aromatic rings. The number of anilines is 1. The molecule has 1 fully saturated rings. The molecule has 1 aliphatic rings. The lowest BCUT2D eigenvalue weighted by Crippen LogP contribution is -2.37. The van der Waals surface area contributed by atoms with Gasteiger partial charge in [0.1, 0.15) is 5.82 Å². The minimum absolute atomic E-state index is 0.0822. The summed E-state index contributed by atoms with van der Waals surface area (Å²) in [6.45, 7) is 0. The minimum Gasteiger partial charge on any atom is -0.389 e. The van der Waals surface area contributed by atoms with Gasteiger partial charge in [0.25, 0.3) is 0 Å². The maximum Gasteiger partial charge on any atom is 0.241 e. The van der Waals surface area contributed by atoms with E-state index in [1.165, 1.54) is 18.2 Å². The number of aliphatic hydroxyl groups is 1. The predicted octanol–water partition coefficient (Wildman–Crippen LogP) is 2.73. The van der Waals surface area contributed by atoms with Gasteiger partial charge in [-0.1, -0.05) is 12.8 Å². The standard InChI is InChI=1S/C13H16BrFN2O2/c14-10-7-9(15)3-4-11(10)16-17-12(18)8-13(19)5-1-2-6-13/h3-4,7,16,19H,1-2,5-6,8H2,(H,17,18). The first-order valence-electron chi connectivity index (χ1n) is 6.21. The van der Waals surface area contributed by atoms with Gasteiger partial charge >= 0.3 is 0 Å². The Hall–Kier alpha value is -1.14. The fourth-order valence-corrected chi connectivity index (χ4v) is 2.73. The highest BCUT2D eigenvalue weighted by molar-refractivity contribution is 9.10. The number of rotatable bonds is 4. The molecule has 0 heterocycles. The minimum atomic E-state index is -0.869. The van der Waals surface area contributed by atoms with Gasteiger partial charge in [-0.3, -0.25) is 15.6 Å². The Kier molecular flexibility index (Phi) is 4.42. The van der Waals surface area contributed by atoms with Crippen LogP contribution in [0.25, 0.3) is 0 Å². The van der Waals surface area contributed by atoms with E-state index in [4.69, 9.17) is 0 Å². The number of nitrogens with one attached hydrogen (secondary N) is 2. The largest absolute Gasteiger partial charge is 0.389 e. The van der Waals surface area contributed by atoms with Gasteiger partial charge in [-0.2, -0.15) is 0 Å². The highest BCUT2D eigenvalue weighted by Crippen LogP contribution is 2.32. The molecule has 2 rings (SSSR count). The van der Waals surface area contributed by atoms with Crippen LogP contribution in [-0.4, -0.2) is 16.6 Å². The number of benzene rings is 1. The molecule has 0 radical (unpaired) electrons. The second-order valence-electron chi connectivity index (χ2n) is 4.91. The van der Waals surface area contributed by atoms with Crippen molar-refractivity contribution in [3.63, 3.8) is 0 Å². The first-order valence-corrected chi connectivity index (χ1v) is 7.00. The van der Waals surface area contributed by atoms with Crippen molar-refractivity contribution in [3.05, 3.63) is 28.5 Å². The van der Waals surface area contributed by atoms with Crippen LogP contribution in [0, 0.1) is 5.82 Å². The van der Waals surface area contributed by atoms with E-state index in [0.717, 1.165) is 12.8 Å². The average Bonchev–Trinajstić information content (AvgIpc) is 2.74. The Balaban J connectivity index is 1.86. The highest BCUT2D eigenvalue weighted by atomic mass is 79.9. The van der Waals surface area contributed by atoms with Crippen LogP contribution in [0.15, 0.2) is 22.7 Å². The third kappa shape index (κ3) is 3.91. The van der Waals surface area contributed by atoms with Gasteiger partial charge in [-0.05, 0) is 47.0 Å². The van der Waals surface area contributed by atoms with E-state index in [9.17, 15) is 14.3 Å². The Morgan fingerprint density at radius 1 is 1.42 bits per heavy atom. The van der Waals surface area contributed by atoms with Gasteiger partial charge in [0.2, 0.25) is 5.91 Å². The number of hydrazine groups is 1. The molecule has 0 bridgehead atoms. The number of hydrogen-bond donors (Lipinski definition) is 3. The van der Waals surface area contributed by atoms with Crippen LogP contribution < -0.4 is 10.9 Å². The van der Waals surface area contributed by atoms with Crippen molar-refractivity contribution >= 4 is 27.5 Å². The van der Waals surface area contributed by atoms with Crippen molar-refractivity contribution in [2.75, 3.05) is 5.43 Å². The number of hydrogen-bond acceptors (Lipinski definition) is 3. The summed E-state index contributed by atoms with van der Waals surface area (Å²) in [6, 6.07) is 4.12. The van der Waals surface area contributed by atoms with Crippen LogP contribution in [0.2, 0.25) is 0 Å². The molecule has 0 aliphatic heterocycles. The monoisotopic (exact) mass is 330 g/mol. The summed E-state index contributed by atoms with van der Waals surface area (Å²) in [4.78, 5) is 11.7. The van der Waals surface area contributed by atoms with E-state index < -0.39 is 5.60 Å². The van der Waals surface area contributed by atoms with Crippen molar-refractivity contribution in [3.8, 4) is 0 Å². The molecule has 0 atom stereocenters. The van der Waals surface area contributed by atoms with Crippen LogP contribution in [0.4, 0.5) is 10.1 Å². The second kappa shape index (κ2) is 5.88. The lowest BCUT2D eigenvalue weighted by molar-refractivity contribution is -0.125. The molecule has 1 amide bonds. The van der Waals surface area contributed by atoms with E-state index in [-0.39, 0.29) is 18.1 Å². The fraction of sp³-hybridized carbons (Fsp3) is 0.462. The Morgan fingerprint density at radius 3 is 2.74 bits per heavy atom. The lowest BCUT2D eigenvalue weighted by Gasteiger charge is -2.21. The molecule has 1 aliphatic carbocycles. The fourth-order valence-electron chi connectivity index (χ4n) is 2.28. The number of carbonyl (C=O) groups excluding carboxylic acids is 1. The summed E-state index contributed by atoms with van der Waals surface area (Å²) in [5.41, 5.74) is 4.91. The van der Waals surface area contributed by atoms with Crippen LogP contribution in [-0.2, 0) is 4.79 Å². The summed E-state index contributed by atoms with van der Waals surface area (Å²) in [6.07, 6.45) is 3.33. The Labute approximate surface area is 119 Å². The summed E-state index contributed by atoms with van der Waals surface area (Å²) >= 11 is 3.19. The number of amides is 1. The molecule has 0 unspecified atom stereocenters. The first-order chi connectivity index (χ1) is 8.98. The van der Waals surface area contributed by atoms with Gasteiger partial charge in [0.15, 0.2) is 0 Å². The second-order valence-corrected chi connectivity index (χ2v) is 5.76. The van der Waals surface area contributed by atoms with Crippen LogP contribution in [0.1, 0.15) is 32.1 Å². The molecule has 1 aromatic carbocycles. The van der Waals surface area contributed by atoms with Gasteiger partial charge in [0, 0.05) is 4.47 Å². The van der Waals surface area contributed by atoms with E-state index in [0.29, 0.717) is 23.0 Å². The van der Waals surface area contributed by atoms with Crippen LogP contribution in [0.5, 0.6) is 0 Å². The SMILES string of the molecule is O=C(CC1(O)CCCC1)NNc1ccc(F)cc1Br. The van der Waals surface area contributed by atoms with E-state index in [1.54, 1.807) is 0 Å². The van der Waals surface area contributed by atoms with Crippen molar-refractivity contribution in [1.82, 2.24) is 5.43 Å². The third-order valence-corrected chi connectivity index (χ3v) is 3.95. The summed E-state index contributed by atoms with van der Waals surface area (Å²) in [5, 5.41) is 10.1. The predicted molar refractivity (Wildman–Crippen MR) is 73.9 cm³/mol. The average molecular weight is 331 g/mol. The summed E-state index contributed by atoms with van der Waals surface area (Å²) in [7, 11) is 0. The Bertz CT molecular complexity index is 476. The van der Waals surface area contributed by atoms with E-state index in [2.05, 4.69) is 26.8 Å². The molecule has 3 N–H and O–H groups in total. The van der Waals surface area contributed by atoms with E-state index in [1.807, 2.05) is 0 Å². The molecular formula is C13H16BrFN2O2. The molecule has 0 saturated heterocycles. The molecular weight excluding hydrogens is 315 g/mol. The highest BCUT2D eigenvalue weighted by Gasteiger charge is 2.33. The molecule has 1 saturated carbocycles. The topological polar surface area (TPSA) is 61.4 Å². The van der Waals surface area contributed by atoms with Crippen molar-refractivity contribution in [1.29, 1.82) is 0 Å². The zero-order chi connectivity index (χ0) is 13.9. The third-order valence-electron chi connectivity index (χ3n) is 3.29. The normalized spacial score (nSPS) is 17.2. The number of carbonyl (C=O) groups is 1. The van der Waals surface area contributed by atoms with Gasteiger partial charge in [-0.25, -0.2) is 4.39 Å². The number of halogens is 2. The maximum absolute atomic E-state index is 12.9. The summed E-state index contributed by atoms with van der Waals surface area (Å²) in [5.74, 6) is -0.635. The van der Waals surface area contributed by atoms with Crippen LogP contribution in [0.3, 0.4) is 0 Å². The van der Waals surface area contributed by atoms with Gasteiger partial charge < -0.3 is 5.11 Å². The smallest absolute Gasteiger partial charge is 0.241 e. The Morgan fingerprint density at radius 2 is 2.11 bits per heavy atom. The zero-order valence-corrected chi connectivity index (χ0v) is 12.0. The van der Waals surface area contributed by atoms with Crippen molar-refractivity contribution in [2.24, 2.45) is 0 Å². The van der Waals surface area contributed by atoms with Crippen LogP contribution >= 0.6 is 15.9 Å². The molecule has 0 aromatic heterocycles. The lowest BCUT2D eigenvalue weighted by atomic mass is 9.98. The molecule has 19 heavy (non-hydrogen) atoms. The van der Waals surface area contributed by atoms with Gasteiger partial charge in [0.05, 0.1) is 17.7 Å². The molecule has 6 heteroatoms. The molecule has 104 valence electrons. The molecule has 0 spiro atoms. The molecule has 4 nitrogen and oxygen atoms in total. The van der Waals surface area contributed by atoms with E-state index >= 15 is 0 Å². The zero-order valence-electron chi connectivity index (χ0n) is 10.4. The first kappa shape index (κ1) is 14.3. The maximum atomic E-state index is 12.9. The van der Waals surface area contributed by atoms with Gasteiger partial charge in [-0.15, -0.1) is 0 Å². The van der Waals surface area contributed by atoms with Crippen molar-refractivity contribution < 1.29 is 14.3 Å². The summed E-state index contributed by atoms with van der Waals surface area (Å²) < 4.78 is 13.4. The van der Waals surface area contributed by atoms with Crippen molar-refractivity contribution in [2.45, 2.75) is 37.7 Å².